The molecule has 0 saturated heterocycles. The molecule has 8 saturated carbocycles. The summed E-state index contributed by atoms with van der Waals surface area (Å²) in [7, 11) is 0. The van der Waals surface area contributed by atoms with E-state index in [4.69, 9.17) is 0 Å². The molecule has 0 N–H and O–H groups in total. The van der Waals surface area contributed by atoms with Crippen molar-refractivity contribution in [2.24, 2.45) is 35.5 Å². The monoisotopic (exact) mass is 916 g/mol. The van der Waals surface area contributed by atoms with E-state index in [1.165, 1.54) is 160 Å². The summed E-state index contributed by atoms with van der Waals surface area (Å²) in [5.74, 6) is 5.40. The van der Waals surface area contributed by atoms with Gasteiger partial charge in [0, 0.05) is 33.4 Å². The predicted octanol–water partition coefficient (Wildman–Crippen LogP) is 17.5. The Labute approximate surface area is 418 Å². The van der Waals surface area contributed by atoms with E-state index < -0.39 is 5.41 Å². The molecule has 346 valence electrons. The molecule has 0 radical (unpaired) electrons. The number of aromatic nitrogens is 1. The molecule has 2 nitrogen and oxygen atoms in total. The normalized spacial score (nSPS) is 29.7. The van der Waals surface area contributed by atoms with Crippen molar-refractivity contribution >= 4 is 38.9 Å². The van der Waals surface area contributed by atoms with E-state index in [1.54, 1.807) is 11.1 Å². The molecular weight excluding hydrogens is 857 g/mol. The molecular formula is C69H60N2. The molecule has 0 unspecified atom stereocenters. The van der Waals surface area contributed by atoms with Crippen molar-refractivity contribution in [1.29, 1.82) is 0 Å². The summed E-state index contributed by atoms with van der Waals surface area (Å²) in [4.78, 5) is 2.57. The lowest BCUT2D eigenvalue weighted by Crippen LogP contribution is -2.48. The first-order valence-electron chi connectivity index (χ1n) is 27.5. The Kier molecular flexibility index (Phi) is 8.05. The number of para-hydroxylation sites is 3. The first kappa shape index (κ1) is 40.0. The molecule has 19 rings (SSSR count). The van der Waals surface area contributed by atoms with Crippen LogP contribution in [0.2, 0.25) is 0 Å². The number of fused-ring (bicyclic) bond motifs is 13. The van der Waals surface area contributed by atoms with Crippen LogP contribution in [0.3, 0.4) is 0 Å². The zero-order valence-corrected chi connectivity index (χ0v) is 40.7. The second-order valence-corrected chi connectivity index (χ2v) is 24.5. The number of hydrogen-bond acceptors (Lipinski definition) is 1. The van der Waals surface area contributed by atoms with Gasteiger partial charge in [-0.3, -0.25) is 0 Å². The van der Waals surface area contributed by atoms with Gasteiger partial charge in [-0.15, -0.1) is 0 Å². The van der Waals surface area contributed by atoms with Crippen molar-refractivity contribution in [1.82, 2.24) is 4.57 Å². The van der Waals surface area contributed by atoms with Crippen LogP contribution >= 0.6 is 0 Å². The molecule has 8 bridgehead atoms. The lowest BCUT2D eigenvalue weighted by atomic mass is 9.48. The standard InChI is InChI=1S/C69H60N2/c1-2-12-51(13-3-1)70(52-14-10-15-53(36-52)71-63-21-8-5-16-56(63)57-17-6-9-22-64(57)71)65-23-11-20-60-66(65)58-18-4-7-19-59(58)69(60)61-34-49(67-37-43-28-44(38-67)30-45(29-43)39-67)24-26-54(61)55-27-25-50(35-62(55)69)68-40-46-31-47(41-68)33-48(32-46)42-68/h1-27,34-36,43-48H,28-33,37-42H2. The van der Waals surface area contributed by atoms with Crippen LogP contribution in [-0.4, -0.2) is 4.57 Å². The van der Waals surface area contributed by atoms with Gasteiger partial charge in [-0.2, -0.15) is 0 Å². The summed E-state index contributed by atoms with van der Waals surface area (Å²) < 4.78 is 2.46. The fourth-order valence-corrected chi connectivity index (χ4v) is 19.0. The van der Waals surface area contributed by atoms with E-state index in [9.17, 15) is 0 Å². The third-order valence-corrected chi connectivity index (χ3v) is 20.7. The molecule has 0 amide bonds. The third kappa shape index (κ3) is 5.39. The van der Waals surface area contributed by atoms with Crippen LogP contribution in [-0.2, 0) is 16.2 Å². The highest BCUT2D eigenvalue weighted by Crippen LogP contribution is 2.68. The topological polar surface area (TPSA) is 8.17 Å². The van der Waals surface area contributed by atoms with Crippen molar-refractivity contribution < 1.29 is 0 Å². The van der Waals surface area contributed by atoms with Crippen LogP contribution < -0.4 is 4.90 Å². The van der Waals surface area contributed by atoms with Crippen molar-refractivity contribution in [3.63, 3.8) is 0 Å². The van der Waals surface area contributed by atoms with Crippen LogP contribution in [0.1, 0.15) is 110 Å². The molecule has 10 aliphatic rings. The minimum atomic E-state index is -0.434. The Hall–Kier alpha value is -6.64. The first-order chi connectivity index (χ1) is 35.0. The molecule has 0 aliphatic heterocycles. The number of hydrogen-bond donors (Lipinski definition) is 0. The fraction of sp³-hybridized carbons (Fsp3) is 0.304. The highest BCUT2D eigenvalue weighted by atomic mass is 15.1. The largest absolute Gasteiger partial charge is 0.310 e. The van der Waals surface area contributed by atoms with E-state index in [2.05, 4.69) is 191 Å². The van der Waals surface area contributed by atoms with Crippen LogP contribution in [0.15, 0.2) is 182 Å². The molecule has 71 heavy (non-hydrogen) atoms. The average Bonchev–Trinajstić information content (AvgIpc) is 4.01. The Bertz CT molecular complexity index is 3480. The molecule has 1 heterocycles. The summed E-state index contributed by atoms with van der Waals surface area (Å²) in [6, 6.07) is 71.4. The van der Waals surface area contributed by atoms with Gasteiger partial charge in [0.15, 0.2) is 0 Å². The number of nitrogens with zero attached hydrogens (tertiary/aromatic N) is 2. The molecule has 8 fully saturated rings. The van der Waals surface area contributed by atoms with E-state index in [-0.39, 0.29) is 0 Å². The van der Waals surface area contributed by atoms with Gasteiger partial charge >= 0.3 is 0 Å². The fourth-order valence-electron chi connectivity index (χ4n) is 19.0. The summed E-state index contributed by atoms with van der Waals surface area (Å²) >= 11 is 0. The Morgan fingerprint density at radius 2 is 0.845 bits per heavy atom. The van der Waals surface area contributed by atoms with Gasteiger partial charge in [-0.05, 0) is 222 Å². The van der Waals surface area contributed by atoms with Gasteiger partial charge in [0.1, 0.15) is 0 Å². The zero-order valence-electron chi connectivity index (χ0n) is 40.7. The van der Waals surface area contributed by atoms with Crippen molar-refractivity contribution in [2.75, 3.05) is 4.90 Å². The molecule has 8 aromatic carbocycles. The highest BCUT2D eigenvalue weighted by molar-refractivity contribution is 6.09. The summed E-state index contributed by atoms with van der Waals surface area (Å²) in [5, 5.41) is 2.57. The smallest absolute Gasteiger partial charge is 0.0726 e. The van der Waals surface area contributed by atoms with E-state index in [0.717, 1.165) is 41.2 Å². The van der Waals surface area contributed by atoms with E-state index in [0.29, 0.717) is 10.8 Å². The van der Waals surface area contributed by atoms with E-state index >= 15 is 0 Å². The van der Waals surface area contributed by atoms with Crippen LogP contribution in [0.4, 0.5) is 17.1 Å². The van der Waals surface area contributed by atoms with Gasteiger partial charge in [-0.25, -0.2) is 0 Å². The third-order valence-electron chi connectivity index (χ3n) is 20.7. The quantitative estimate of drug-likeness (QED) is 0.161. The van der Waals surface area contributed by atoms with Gasteiger partial charge < -0.3 is 9.47 Å². The minimum absolute atomic E-state index is 0.304. The molecule has 1 spiro atoms. The second-order valence-electron chi connectivity index (χ2n) is 24.5. The molecule has 10 aliphatic carbocycles. The molecule has 1 aromatic heterocycles. The number of anilines is 3. The van der Waals surface area contributed by atoms with Gasteiger partial charge in [-0.1, -0.05) is 133 Å². The molecule has 9 aromatic rings. The maximum Gasteiger partial charge on any atom is 0.0726 e. The van der Waals surface area contributed by atoms with Crippen molar-refractivity contribution in [3.05, 3.63) is 215 Å². The van der Waals surface area contributed by atoms with Crippen LogP contribution in [0.25, 0.3) is 49.7 Å². The van der Waals surface area contributed by atoms with Crippen molar-refractivity contribution in [2.45, 2.75) is 93.3 Å². The number of rotatable bonds is 6. The summed E-state index contributed by atoms with van der Waals surface area (Å²) in [5.41, 5.74) is 22.3. The Morgan fingerprint density at radius 1 is 0.366 bits per heavy atom. The van der Waals surface area contributed by atoms with Gasteiger partial charge in [0.25, 0.3) is 0 Å². The second kappa shape index (κ2) is 14.3. The van der Waals surface area contributed by atoms with Gasteiger partial charge in [0.2, 0.25) is 0 Å². The van der Waals surface area contributed by atoms with Crippen LogP contribution in [0.5, 0.6) is 0 Å². The average molecular weight is 917 g/mol. The maximum atomic E-state index is 2.82. The van der Waals surface area contributed by atoms with E-state index in [1.807, 2.05) is 0 Å². The summed E-state index contributed by atoms with van der Waals surface area (Å²) in [6.45, 7) is 0. The van der Waals surface area contributed by atoms with Crippen molar-refractivity contribution in [3.8, 4) is 27.9 Å². The maximum absolute atomic E-state index is 2.82. The molecule has 0 atom stereocenters. The van der Waals surface area contributed by atoms with Crippen LogP contribution in [0, 0.1) is 35.5 Å². The lowest BCUT2D eigenvalue weighted by molar-refractivity contribution is -0.00530. The van der Waals surface area contributed by atoms with Gasteiger partial charge in [0.05, 0.1) is 22.1 Å². The zero-order chi connectivity index (χ0) is 46.2. The number of benzene rings is 8. The SMILES string of the molecule is c1ccc(N(c2cccc(-n3c4ccccc4c4ccccc43)c2)c2cccc3c2-c2ccccc2C32c3cc(C45CC6CC(CC(C6)C4)C5)ccc3-c3ccc(C45CC6CC(CC(C6)C4)C5)cc32)cc1. The minimum Gasteiger partial charge on any atom is -0.310 e. The Balaban J connectivity index is 0.910. The first-order valence-corrected chi connectivity index (χ1v) is 27.5. The lowest BCUT2D eigenvalue weighted by Gasteiger charge is -2.57. The molecule has 2 heteroatoms. The predicted molar refractivity (Wildman–Crippen MR) is 291 cm³/mol. The highest BCUT2D eigenvalue weighted by Gasteiger charge is 2.57. The Morgan fingerprint density at radius 3 is 1.42 bits per heavy atom. The summed E-state index contributed by atoms with van der Waals surface area (Å²) in [6.07, 6.45) is 17.1.